The summed E-state index contributed by atoms with van der Waals surface area (Å²) < 4.78 is 12.7. The highest BCUT2D eigenvalue weighted by Gasteiger charge is 2.39. The standard InChI is InChI=1S/C19H20BrNO2/c1-22-14-8-9-17-16(11-14)19-15(3-2-10-23-19)18(21-17)12-4-6-13(20)7-5-12/h4-9,11,15,18-19,21H,2-3,10H2,1H3/t15-,18-,19-/m0/s1. The summed E-state index contributed by atoms with van der Waals surface area (Å²) in [7, 11) is 1.71. The van der Waals surface area contributed by atoms with Crippen molar-refractivity contribution in [1.82, 2.24) is 0 Å². The van der Waals surface area contributed by atoms with E-state index in [1.807, 2.05) is 6.07 Å². The number of rotatable bonds is 2. The van der Waals surface area contributed by atoms with Crippen LogP contribution in [0.2, 0.25) is 0 Å². The van der Waals surface area contributed by atoms with Gasteiger partial charge in [-0.05, 0) is 48.7 Å². The number of nitrogens with one attached hydrogen (secondary N) is 1. The normalized spacial score (nSPS) is 25.9. The number of methoxy groups -OCH3 is 1. The van der Waals surface area contributed by atoms with Crippen molar-refractivity contribution in [1.29, 1.82) is 0 Å². The third-order valence-electron chi connectivity index (χ3n) is 4.90. The molecule has 4 rings (SSSR count). The van der Waals surface area contributed by atoms with E-state index in [1.165, 1.54) is 17.5 Å². The van der Waals surface area contributed by atoms with Gasteiger partial charge in [-0.15, -0.1) is 0 Å². The van der Waals surface area contributed by atoms with Gasteiger partial charge in [0.15, 0.2) is 0 Å². The monoisotopic (exact) mass is 373 g/mol. The van der Waals surface area contributed by atoms with E-state index >= 15 is 0 Å². The van der Waals surface area contributed by atoms with Crippen LogP contribution in [0.5, 0.6) is 5.75 Å². The summed E-state index contributed by atoms with van der Waals surface area (Å²) in [6.07, 6.45) is 2.44. The second-order valence-electron chi connectivity index (χ2n) is 6.22. The molecule has 0 radical (unpaired) electrons. The summed E-state index contributed by atoms with van der Waals surface area (Å²) in [5.74, 6) is 1.34. The molecule has 1 fully saturated rings. The Kier molecular flexibility index (Phi) is 4.04. The van der Waals surface area contributed by atoms with E-state index in [2.05, 4.69) is 57.6 Å². The number of benzene rings is 2. The Bertz CT molecular complexity index is 701. The predicted octanol–water partition coefficient (Wildman–Crippen LogP) is 5.09. The molecule has 1 saturated heterocycles. The Morgan fingerprint density at radius 2 is 2.00 bits per heavy atom. The van der Waals surface area contributed by atoms with Gasteiger partial charge < -0.3 is 14.8 Å². The van der Waals surface area contributed by atoms with Crippen LogP contribution in [0.1, 0.15) is 36.1 Å². The van der Waals surface area contributed by atoms with Gasteiger partial charge in [0, 0.05) is 28.2 Å². The van der Waals surface area contributed by atoms with Crippen molar-refractivity contribution in [3.8, 4) is 5.75 Å². The molecule has 3 nitrogen and oxygen atoms in total. The zero-order valence-corrected chi connectivity index (χ0v) is 14.7. The minimum Gasteiger partial charge on any atom is -0.497 e. The summed E-state index contributed by atoms with van der Waals surface area (Å²) in [4.78, 5) is 0. The van der Waals surface area contributed by atoms with E-state index in [0.717, 1.165) is 28.9 Å². The summed E-state index contributed by atoms with van der Waals surface area (Å²) in [6.45, 7) is 0.838. The summed E-state index contributed by atoms with van der Waals surface area (Å²) in [5, 5.41) is 3.73. The molecule has 2 aromatic carbocycles. The third kappa shape index (κ3) is 2.74. The Balaban J connectivity index is 1.75. The van der Waals surface area contributed by atoms with E-state index in [1.54, 1.807) is 7.11 Å². The van der Waals surface area contributed by atoms with Crippen molar-refractivity contribution in [2.75, 3.05) is 19.0 Å². The van der Waals surface area contributed by atoms with Crippen LogP contribution in [0.4, 0.5) is 5.69 Å². The van der Waals surface area contributed by atoms with Crippen LogP contribution in [0, 0.1) is 5.92 Å². The van der Waals surface area contributed by atoms with Crippen LogP contribution in [0.3, 0.4) is 0 Å². The van der Waals surface area contributed by atoms with Gasteiger partial charge in [-0.2, -0.15) is 0 Å². The van der Waals surface area contributed by atoms with Crippen molar-refractivity contribution in [2.24, 2.45) is 5.92 Å². The molecule has 0 bridgehead atoms. The van der Waals surface area contributed by atoms with Crippen LogP contribution in [-0.2, 0) is 4.74 Å². The van der Waals surface area contributed by atoms with E-state index in [0.29, 0.717) is 5.92 Å². The molecule has 0 aliphatic carbocycles. The number of ether oxygens (including phenoxy) is 2. The minimum absolute atomic E-state index is 0.142. The number of hydrogen-bond acceptors (Lipinski definition) is 3. The molecule has 23 heavy (non-hydrogen) atoms. The SMILES string of the molecule is COc1ccc2c(c1)[C@H]1OCCC[C@H]1[C@H](c1ccc(Br)cc1)N2. The van der Waals surface area contributed by atoms with Crippen molar-refractivity contribution < 1.29 is 9.47 Å². The van der Waals surface area contributed by atoms with E-state index in [-0.39, 0.29) is 12.1 Å². The maximum absolute atomic E-state index is 6.18. The quantitative estimate of drug-likeness (QED) is 0.794. The maximum atomic E-state index is 6.18. The summed E-state index contributed by atoms with van der Waals surface area (Å²) in [6, 6.07) is 15.1. The maximum Gasteiger partial charge on any atom is 0.119 e. The fraction of sp³-hybridized carbons (Fsp3) is 0.368. The third-order valence-corrected chi connectivity index (χ3v) is 5.43. The molecule has 1 N–H and O–H groups in total. The second kappa shape index (κ2) is 6.17. The van der Waals surface area contributed by atoms with Gasteiger partial charge >= 0.3 is 0 Å². The number of halogens is 1. The Labute approximate surface area is 145 Å². The number of hydrogen-bond donors (Lipinski definition) is 1. The fourth-order valence-electron chi connectivity index (χ4n) is 3.78. The van der Waals surface area contributed by atoms with Gasteiger partial charge in [0.05, 0.1) is 19.3 Å². The lowest BCUT2D eigenvalue weighted by atomic mass is 9.77. The highest BCUT2D eigenvalue weighted by molar-refractivity contribution is 9.10. The van der Waals surface area contributed by atoms with Crippen molar-refractivity contribution in [3.63, 3.8) is 0 Å². The lowest BCUT2D eigenvalue weighted by Gasteiger charge is -2.43. The van der Waals surface area contributed by atoms with Crippen molar-refractivity contribution >= 4 is 21.6 Å². The van der Waals surface area contributed by atoms with Crippen LogP contribution in [0.25, 0.3) is 0 Å². The average molecular weight is 374 g/mol. The topological polar surface area (TPSA) is 30.5 Å². The molecule has 0 amide bonds. The van der Waals surface area contributed by atoms with E-state index in [4.69, 9.17) is 9.47 Å². The Morgan fingerprint density at radius 3 is 2.78 bits per heavy atom. The molecule has 2 aromatic rings. The number of anilines is 1. The van der Waals surface area contributed by atoms with E-state index < -0.39 is 0 Å². The molecule has 3 atom stereocenters. The van der Waals surface area contributed by atoms with Gasteiger partial charge in [0.1, 0.15) is 5.75 Å². The molecule has 2 aliphatic rings. The summed E-state index contributed by atoms with van der Waals surface area (Å²) in [5.41, 5.74) is 3.69. The molecule has 0 unspecified atom stereocenters. The first kappa shape index (κ1) is 15.0. The molecule has 120 valence electrons. The lowest BCUT2D eigenvalue weighted by molar-refractivity contribution is -0.0382. The predicted molar refractivity (Wildman–Crippen MR) is 94.9 cm³/mol. The highest BCUT2D eigenvalue weighted by Crippen LogP contribution is 2.49. The molecule has 0 aromatic heterocycles. The molecule has 2 aliphatic heterocycles. The number of fused-ring (bicyclic) bond motifs is 3. The molecule has 0 spiro atoms. The zero-order valence-electron chi connectivity index (χ0n) is 13.1. The largest absolute Gasteiger partial charge is 0.497 e. The van der Waals surface area contributed by atoms with Gasteiger partial charge in [-0.1, -0.05) is 28.1 Å². The van der Waals surface area contributed by atoms with Gasteiger partial charge in [-0.3, -0.25) is 0 Å². The first-order valence-corrected chi connectivity index (χ1v) is 8.87. The molecular formula is C19H20BrNO2. The van der Waals surface area contributed by atoms with E-state index in [9.17, 15) is 0 Å². The average Bonchev–Trinajstić information content (AvgIpc) is 2.61. The molecule has 0 saturated carbocycles. The molecule has 2 heterocycles. The first-order chi connectivity index (χ1) is 11.3. The minimum atomic E-state index is 0.142. The Hall–Kier alpha value is -1.52. The lowest BCUT2D eigenvalue weighted by Crippen LogP contribution is -2.35. The van der Waals surface area contributed by atoms with Crippen molar-refractivity contribution in [2.45, 2.75) is 25.0 Å². The van der Waals surface area contributed by atoms with Crippen molar-refractivity contribution in [3.05, 3.63) is 58.1 Å². The van der Waals surface area contributed by atoms with Crippen LogP contribution >= 0.6 is 15.9 Å². The molecule has 4 heteroatoms. The summed E-state index contributed by atoms with van der Waals surface area (Å²) >= 11 is 3.52. The second-order valence-corrected chi connectivity index (χ2v) is 7.14. The first-order valence-electron chi connectivity index (χ1n) is 8.08. The van der Waals surface area contributed by atoms with Crippen LogP contribution in [-0.4, -0.2) is 13.7 Å². The van der Waals surface area contributed by atoms with Gasteiger partial charge in [0.25, 0.3) is 0 Å². The van der Waals surface area contributed by atoms with Crippen LogP contribution < -0.4 is 10.1 Å². The fourth-order valence-corrected chi connectivity index (χ4v) is 4.04. The molecular weight excluding hydrogens is 354 g/mol. The smallest absolute Gasteiger partial charge is 0.119 e. The Morgan fingerprint density at radius 1 is 1.17 bits per heavy atom. The zero-order chi connectivity index (χ0) is 15.8. The van der Waals surface area contributed by atoms with Gasteiger partial charge in [0.2, 0.25) is 0 Å². The van der Waals surface area contributed by atoms with Crippen LogP contribution in [0.15, 0.2) is 46.9 Å². The highest BCUT2D eigenvalue weighted by atomic mass is 79.9. The van der Waals surface area contributed by atoms with Gasteiger partial charge in [-0.25, -0.2) is 0 Å².